The fourth-order valence-corrected chi connectivity index (χ4v) is 6.96. The van der Waals surface area contributed by atoms with Gasteiger partial charge in [0.25, 0.3) is 5.91 Å². The number of carbonyl (C=O) groups is 1. The summed E-state index contributed by atoms with van der Waals surface area (Å²) >= 11 is 0. The van der Waals surface area contributed by atoms with Crippen molar-refractivity contribution in [2.75, 3.05) is 47.5 Å². The van der Waals surface area contributed by atoms with Gasteiger partial charge >= 0.3 is 0 Å². The van der Waals surface area contributed by atoms with Gasteiger partial charge in [-0.05, 0) is 35.9 Å². The Morgan fingerprint density at radius 2 is 1.51 bits per heavy atom. The molecule has 12 nitrogen and oxygen atoms in total. The number of aliphatic imine (C=N–C) groups is 1. The van der Waals surface area contributed by atoms with Crippen LogP contribution in [0.5, 0.6) is 17.2 Å². The molecule has 1 aliphatic rings. The number of rotatable bonds is 12. The molecule has 1 unspecified atom stereocenters. The number of nitrogens with zero attached hydrogens (tertiary/aromatic N) is 4. The van der Waals surface area contributed by atoms with E-state index in [1.165, 1.54) is 12.1 Å². The van der Waals surface area contributed by atoms with E-state index in [2.05, 4.69) is 21.4 Å². The maximum absolute atomic E-state index is 14.0. The zero-order chi connectivity index (χ0) is 31.1. The fraction of sp³-hybridized carbons (Fsp3) is 0.333. The largest absolute Gasteiger partial charge is 0.493 e. The van der Waals surface area contributed by atoms with Gasteiger partial charge in [-0.1, -0.05) is 24.8 Å². The minimum absolute atomic E-state index is 0.0280. The molecule has 1 aliphatic heterocycles. The lowest BCUT2D eigenvalue weighted by Crippen LogP contribution is -2.45. The molecule has 1 atom stereocenters. The van der Waals surface area contributed by atoms with Gasteiger partial charge in [0, 0.05) is 62.8 Å². The maximum atomic E-state index is 14.0. The average molecular weight is 611 g/mol. The Labute approximate surface area is 252 Å². The maximum Gasteiger partial charge on any atom is 0.280 e. The third-order valence-electron chi connectivity index (χ3n) is 7.33. The summed E-state index contributed by atoms with van der Waals surface area (Å²) in [6, 6.07) is 11.8. The molecule has 4 rings (SSSR count). The minimum Gasteiger partial charge on any atom is -0.493 e. The number of sulfone groups is 1. The molecule has 4 N–H and O–H groups in total. The molecule has 13 heteroatoms. The molecule has 3 aromatic rings. The topological polar surface area (TPSA) is 155 Å². The van der Waals surface area contributed by atoms with Crippen LogP contribution in [-0.4, -0.2) is 82.2 Å². The van der Waals surface area contributed by atoms with E-state index in [0.29, 0.717) is 49.0 Å². The van der Waals surface area contributed by atoms with Gasteiger partial charge in [-0.15, -0.1) is 0 Å². The van der Waals surface area contributed by atoms with Crippen LogP contribution in [0.25, 0.3) is 0 Å². The molecule has 0 aliphatic carbocycles. The Bertz CT molecular complexity index is 1580. The van der Waals surface area contributed by atoms with Gasteiger partial charge in [0.1, 0.15) is 0 Å². The molecular formula is C30H38N6O6S. The van der Waals surface area contributed by atoms with Crippen molar-refractivity contribution in [2.24, 2.45) is 16.5 Å². The smallest absolute Gasteiger partial charge is 0.280 e. The molecule has 0 radical (unpaired) electrons. The second-order valence-corrected chi connectivity index (χ2v) is 12.0. The molecule has 1 saturated heterocycles. The summed E-state index contributed by atoms with van der Waals surface area (Å²) in [5, 5.41) is -1.07. The molecule has 1 aromatic heterocycles. The van der Waals surface area contributed by atoms with Gasteiger partial charge in [-0.2, -0.15) is 4.99 Å². The zero-order valence-corrected chi connectivity index (χ0v) is 25.4. The molecule has 43 heavy (non-hydrogen) atoms. The quantitative estimate of drug-likeness (QED) is 0.177. The Morgan fingerprint density at radius 1 is 0.930 bits per heavy atom. The van der Waals surface area contributed by atoms with E-state index in [-0.39, 0.29) is 10.5 Å². The SMILES string of the molecule is C=CC(n1cccc1)S(=O)(=O)c1cc(C(=O)N=C(N)N)ccc1CN1CCN(Cc2ccc(OC)c(OC)c2OC)CC1. The normalized spacial score (nSPS) is 15.0. The minimum atomic E-state index is -4.00. The number of aromatic nitrogens is 1. The van der Waals surface area contributed by atoms with E-state index < -0.39 is 27.1 Å². The van der Waals surface area contributed by atoms with Crippen LogP contribution in [-0.2, 0) is 22.9 Å². The van der Waals surface area contributed by atoms with Crippen molar-refractivity contribution in [3.8, 4) is 17.2 Å². The highest BCUT2D eigenvalue weighted by Gasteiger charge is 2.30. The number of carbonyl (C=O) groups excluding carboxylic acids is 1. The second-order valence-electron chi connectivity index (χ2n) is 10.0. The summed E-state index contributed by atoms with van der Waals surface area (Å²) in [5.74, 6) is 0.653. The van der Waals surface area contributed by atoms with Crippen LogP contribution in [0, 0.1) is 0 Å². The Kier molecular flexibility index (Phi) is 10.1. The number of hydrogen-bond donors (Lipinski definition) is 2. The summed E-state index contributed by atoms with van der Waals surface area (Å²) < 4.78 is 46.1. The molecule has 1 fully saturated rings. The van der Waals surface area contributed by atoms with Crippen LogP contribution in [0.4, 0.5) is 0 Å². The first kappa shape index (κ1) is 31.6. The van der Waals surface area contributed by atoms with Crippen molar-refractivity contribution in [3.63, 3.8) is 0 Å². The highest BCUT2D eigenvalue weighted by atomic mass is 32.2. The number of guanidine groups is 1. The number of piperazine rings is 1. The fourth-order valence-electron chi connectivity index (χ4n) is 5.20. The third-order valence-corrected chi connectivity index (χ3v) is 9.40. The molecule has 0 spiro atoms. The number of methoxy groups -OCH3 is 3. The van der Waals surface area contributed by atoms with Crippen LogP contribution in [0.2, 0.25) is 0 Å². The molecule has 1 amide bonds. The van der Waals surface area contributed by atoms with E-state index in [0.717, 1.165) is 18.7 Å². The third kappa shape index (κ3) is 7.01. The Morgan fingerprint density at radius 3 is 2.05 bits per heavy atom. The van der Waals surface area contributed by atoms with Crippen LogP contribution >= 0.6 is 0 Å². The summed E-state index contributed by atoms with van der Waals surface area (Å²) in [6.45, 7) is 7.68. The van der Waals surface area contributed by atoms with Crippen molar-refractivity contribution in [1.29, 1.82) is 0 Å². The lowest BCUT2D eigenvalue weighted by Gasteiger charge is -2.35. The van der Waals surface area contributed by atoms with Gasteiger partial charge in [0.15, 0.2) is 22.8 Å². The van der Waals surface area contributed by atoms with E-state index in [9.17, 15) is 13.2 Å². The van der Waals surface area contributed by atoms with Crippen LogP contribution in [0.15, 0.2) is 77.4 Å². The predicted octanol–water partition coefficient (Wildman–Crippen LogP) is 2.40. The first-order valence-electron chi connectivity index (χ1n) is 13.6. The van der Waals surface area contributed by atoms with E-state index >= 15 is 0 Å². The summed E-state index contributed by atoms with van der Waals surface area (Å²) in [7, 11) is 0.765. The second kappa shape index (κ2) is 13.8. The predicted molar refractivity (Wildman–Crippen MR) is 164 cm³/mol. The standard InChI is InChI=1S/C30H38N6O6S/c1-5-26(36-12-6-7-13-36)43(38,39)25-18-21(29(37)33-30(31)32)8-9-22(25)19-34-14-16-35(17-15-34)20-23-10-11-24(40-2)28(42-4)27(23)41-3/h5-13,18,26H,1,14-17,19-20H2,2-4H3,(H4,31,32,33,37). The lowest BCUT2D eigenvalue weighted by molar-refractivity contribution is 0.100. The van der Waals surface area contributed by atoms with Gasteiger partial charge in [0.2, 0.25) is 15.6 Å². The molecule has 230 valence electrons. The van der Waals surface area contributed by atoms with E-state index in [1.807, 2.05) is 12.1 Å². The van der Waals surface area contributed by atoms with Crippen molar-refractivity contribution >= 4 is 21.7 Å². The summed E-state index contributed by atoms with van der Waals surface area (Å²) in [5.41, 5.74) is 12.4. The number of benzene rings is 2. The monoisotopic (exact) mass is 610 g/mol. The number of ether oxygens (including phenoxy) is 3. The Hall–Kier alpha value is -4.33. The Balaban J connectivity index is 1.56. The van der Waals surface area contributed by atoms with Crippen LogP contribution < -0.4 is 25.7 Å². The van der Waals surface area contributed by atoms with Crippen molar-refractivity contribution in [2.45, 2.75) is 23.4 Å². The van der Waals surface area contributed by atoms with Gasteiger partial charge in [-0.3, -0.25) is 14.6 Å². The number of amides is 1. The van der Waals surface area contributed by atoms with Crippen molar-refractivity contribution in [3.05, 3.63) is 84.2 Å². The van der Waals surface area contributed by atoms with Gasteiger partial charge < -0.3 is 30.2 Å². The highest BCUT2D eigenvalue weighted by molar-refractivity contribution is 7.91. The first-order valence-corrected chi connectivity index (χ1v) is 15.2. The van der Waals surface area contributed by atoms with Gasteiger partial charge in [0.05, 0.1) is 26.2 Å². The van der Waals surface area contributed by atoms with Crippen LogP contribution in [0.1, 0.15) is 26.9 Å². The molecule has 2 aromatic carbocycles. The number of nitrogens with two attached hydrogens (primary N) is 2. The average Bonchev–Trinajstić information content (AvgIpc) is 3.52. The molecular weight excluding hydrogens is 572 g/mol. The summed E-state index contributed by atoms with van der Waals surface area (Å²) in [4.78, 5) is 20.7. The summed E-state index contributed by atoms with van der Waals surface area (Å²) in [6.07, 6.45) is 4.68. The zero-order valence-electron chi connectivity index (χ0n) is 24.6. The molecule has 0 bridgehead atoms. The molecule has 2 heterocycles. The van der Waals surface area contributed by atoms with Crippen LogP contribution in [0.3, 0.4) is 0 Å². The van der Waals surface area contributed by atoms with Gasteiger partial charge in [-0.25, -0.2) is 8.42 Å². The van der Waals surface area contributed by atoms with Crippen molar-refractivity contribution in [1.82, 2.24) is 14.4 Å². The molecule has 0 saturated carbocycles. The first-order chi connectivity index (χ1) is 20.6. The van der Waals surface area contributed by atoms with E-state index in [1.54, 1.807) is 62.6 Å². The lowest BCUT2D eigenvalue weighted by atomic mass is 10.1. The van der Waals surface area contributed by atoms with Crippen molar-refractivity contribution < 1.29 is 27.4 Å². The van der Waals surface area contributed by atoms with E-state index in [4.69, 9.17) is 25.7 Å². The highest BCUT2D eigenvalue weighted by Crippen LogP contribution is 2.40. The number of hydrogen-bond acceptors (Lipinski definition) is 8.